The first-order valence-corrected chi connectivity index (χ1v) is 6.84. The Morgan fingerprint density at radius 2 is 2.21 bits per heavy atom. The lowest BCUT2D eigenvalue weighted by atomic mass is 10.2. The van der Waals surface area contributed by atoms with E-state index in [2.05, 4.69) is 45.3 Å². The van der Waals surface area contributed by atoms with E-state index in [1.54, 1.807) is 22.3 Å². The average molecular weight is 271 g/mol. The highest BCUT2D eigenvalue weighted by molar-refractivity contribution is 7.10. The zero-order chi connectivity index (χ0) is 13.1. The second-order valence-electron chi connectivity index (χ2n) is 4.19. The zero-order valence-corrected chi connectivity index (χ0v) is 11.2. The van der Waals surface area contributed by atoms with E-state index in [4.69, 9.17) is 0 Å². The van der Waals surface area contributed by atoms with Crippen LogP contribution in [-0.4, -0.2) is 20.2 Å². The van der Waals surface area contributed by atoms with Gasteiger partial charge < -0.3 is 5.32 Å². The van der Waals surface area contributed by atoms with Gasteiger partial charge in [-0.05, 0) is 47.0 Å². The highest BCUT2D eigenvalue weighted by Crippen LogP contribution is 2.23. The predicted octanol–water partition coefficient (Wildman–Crippen LogP) is 2.90. The normalized spacial score (nSPS) is 12.3. The summed E-state index contributed by atoms with van der Waals surface area (Å²) in [7, 11) is 0. The maximum absolute atomic E-state index is 3.89. The maximum Gasteiger partial charge on any atom is 0.143 e. The summed E-state index contributed by atoms with van der Waals surface area (Å²) >= 11 is 1.75. The molecular formula is C13H13N5S. The van der Waals surface area contributed by atoms with Crippen LogP contribution in [0.4, 0.5) is 5.69 Å². The number of nitrogens with zero attached hydrogens (tertiary/aromatic N) is 4. The summed E-state index contributed by atoms with van der Waals surface area (Å²) in [5.41, 5.74) is 1.99. The van der Waals surface area contributed by atoms with Crippen molar-refractivity contribution < 1.29 is 0 Å². The van der Waals surface area contributed by atoms with Crippen LogP contribution < -0.4 is 5.32 Å². The first kappa shape index (κ1) is 11.9. The molecule has 3 aromatic rings. The number of rotatable bonds is 4. The monoisotopic (exact) mass is 271 g/mol. The minimum atomic E-state index is 0.282. The molecule has 6 heteroatoms. The Balaban J connectivity index is 1.80. The van der Waals surface area contributed by atoms with Gasteiger partial charge in [0.25, 0.3) is 0 Å². The number of thiophene rings is 1. The van der Waals surface area contributed by atoms with Crippen LogP contribution in [0.3, 0.4) is 0 Å². The van der Waals surface area contributed by atoms with Gasteiger partial charge in [0.15, 0.2) is 0 Å². The van der Waals surface area contributed by atoms with Crippen LogP contribution >= 0.6 is 11.3 Å². The number of nitrogens with one attached hydrogen (secondary N) is 1. The van der Waals surface area contributed by atoms with E-state index in [9.17, 15) is 0 Å². The minimum absolute atomic E-state index is 0.282. The Bertz CT molecular complexity index is 633. The molecule has 3 rings (SSSR count). The molecule has 96 valence electrons. The van der Waals surface area contributed by atoms with Crippen LogP contribution in [0.1, 0.15) is 17.8 Å². The molecule has 0 aliphatic carbocycles. The second kappa shape index (κ2) is 5.19. The van der Waals surface area contributed by atoms with Crippen molar-refractivity contribution >= 4 is 17.0 Å². The lowest BCUT2D eigenvalue weighted by Crippen LogP contribution is -2.05. The summed E-state index contributed by atoms with van der Waals surface area (Å²) in [6, 6.07) is 12.5. The quantitative estimate of drug-likeness (QED) is 0.792. The lowest BCUT2D eigenvalue weighted by molar-refractivity contribution is 0.788. The predicted molar refractivity (Wildman–Crippen MR) is 75.5 cm³/mol. The van der Waals surface area contributed by atoms with Gasteiger partial charge >= 0.3 is 0 Å². The fraction of sp³-hybridized carbons (Fsp3) is 0.154. The molecule has 0 radical (unpaired) electrons. The van der Waals surface area contributed by atoms with Crippen molar-refractivity contribution in [3.8, 4) is 5.69 Å². The van der Waals surface area contributed by atoms with Gasteiger partial charge in [-0.25, -0.2) is 4.68 Å². The van der Waals surface area contributed by atoms with Gasteiger partial charge in [-0.3, -0.25) is 0 Å². The van der Waals surface area contributed by atoms with Gasteiger partial charge in [0.2, 0.25) is 0 Å². The molecule has 0 amide bonds. The largest absolute Gasteiger partial charge is 0.378 e. The summed E-state index contributed by atoms with van der Waals surface area (Å²) < 4.78 is 1.64. The van der Waals surface area contributed by atoms with Crippen molar-refractivity contribution in [1.29, 1.82) is 0 Å². The first-order chi connectivity index (χ1) is 9.33. The van der Waals surface area contributed by atoms with Crippen LogP contribution in [0.25, 0.3) is 5.69 Å². The molecular weight excluding hydrogens is 258 g/mol. The van der Waals surface area contributed by atoms with E-state index in [0.717, 1.165) is 11.4 Å². The Labute approximate surface area is 114 Å². The van der Waals surface area contributed by atoms with Gasteiger partial charge in [-0.15, -0.1) is 16.4 Å². The Morgan fingerprint density at radius 1 is 1.26 bits per heavy atom. The molecule has 19 heavy (non-hydrogen) atoms. The molecule has 0 aliphatic heterocycles. The van der Waals surface area contributed by atoms with Gasteiger partial charge in [0.1, 0.15) is 6.33 Å². The molecule has 1 aromatic carbocycles. The third-order valence-electron chi connectivity index (χ3n) is 2.81. The molecule has 0 spiro atoms. The van der Waals surface area contributed by atoms with Crippen LogP contribution in [0.2, 0.25) is 0 Å². The summed E-state index contributed by atoms with van der Waals surface area (Å²) in [5, 5.41) is 16.7. The molecule has 1 N–H and O–H groups in total. The summed E-state index contributed by atoms with van der Waals surface area (Å²) in [4.78, 5) is 1.31. The Hall–Kier alpha value is -2.21. The third kappa shape index (κ3) is 2.63. The molecule has 5 nitrogen and oxygen atoms in total. The Morgan fingerprint density at radius 3 is 2.95 bits per heavy atom. The molecule has 0 saturated heterocycles. The smallest absolute Gasteiger partial charge is 0.143 e. The van der Waals surface area contributed by atoms with Gasteiger partial charge in [0.05, 0.1) is 11.7 Å². The number of tetrazole rings is 1. The summed E-state index contributed by atoms with van der Waals surface area (Å²) in [6.07, 6.45) is 1.59. The summed E-state index contributed by atoms with van der Waals surface area (Å²) in [5.74, 6) is 0. The molecule has 1 unspecified atom stereocenters. The van der Waals surface area contributed by atoms with Crippen molar-refractivity contribution in [2.45, 2.75) is 13.0 Å². The highest BCUT2D eigenvalue weighted by Gasteiger charge is 2.07. The number of benzene rings is 1. The van der Waals surface area contributed by atoms with Gasteiger partial charge in [0, 0.05) is 10.6 Å². The van der Waals surface area contributed by atoms with Crippen LogP contribution in [0, 0.1) is 0 Å². The van der Waals surface area contributed by atoms with E-state index in [0.29, 0.717) is 0 Å². The van der Waals surface area contributed by atoms with Crippen molar-refractivity contribution in [1.82, 2.24) is 20.2 Å². The molecule has 2 aromatic heterocycles. The third-order valence-corrected chi connectivity index (χ3v) is 3.87. The van der Waals surface area contributed by atoms with E-state index in [1.807, 2.05) is 24.3 Å². The molecule has 2 heterocycles. The minimum Gasteiger partial charge on any atom is -0.378 e. The van der Waals surface area contributed by atoms with E-state index in [-0.39, 0.29) is 6.04 Å². The molecule has 0 bridgehead atoms. The molecule has 1 atom stereocenters. The van der Waals surface area contributed by atoms with E-state index >= 15 is 0 Å². The van der Waals surface area contributed by atoms with Crippen molar-refractivity contribution in [3.63, 3.8) is 0 Å². The molecule has 0 aliphatic rings. The zero-order valence-electron chi connectivity index (χ0n) is 10.4. The van der Waals surface area contributed by atoms with Crippen LogP contribution in [0.15, 0.2) is 48.1 Å². The maximum atomic E-state index is 3.89. The number of anilines is 1. The SMILES string of the molecule is CC(Nc1cccc(-n2cnnn2)c1)c1cccs1. The number of hydrogen-bond donors (Lipinski definition) is 1. The van der Waals surface area contributed by atoms with E-state index in [1.165, 1.54) is 4.88 Å². The second-order valence-corrected chi connectivity index (χ2v) is 5.17. The van der Waals surface area contributed by atoms with Gasteiger partial charge in [-0.2, -0.15) is 0 Å². The van der Waals surface area contributed by atoms with Crippen LogP contribution in [-0.2, 0) is 0 Å². The van der Waals surface area contributed by atoms with Crippen molar-refractivity contribution in [2.24, 2.45) is 0 Å². The summed E-state index contributed by atoms with van der Waals surface area (Å²) in [6.45, 7) is 2.15. The van der Waals surface area contributed by atoms with Crippen LogP contribution in [0.5, 0.6) is 0 Å². The average Bonchev–Trinajstić information content (AvgIpc) is 3.13. The van der Waals surface area contributed by atoms with Crippen molar-refractivity contribution in [2.75, 3.05) is 5.32 Å². The molecule has 0 saturated carbocycles. The standard InChI is InChI=1S/C13H13N5S/c1-10(13-6-3-7-19-13)15-11-4-2-5-12(8-11)18-9-14-16-17-18/h2-10,15H,1H3. The fourth-order valence-corrected chi connectivity index (χ4v) is 2.61. The highest BCUT2D eigenvalue weighted by atomic mass is 32.1. The first-order valence-electron chi connectivity index (χ1n) is 5.96. The Kier molecular flexibility index (Phi) is 3.24. The number of hydrogen-bond acceptors (Lipinski definition) is 5. The fourth-order valence-electron chi connectivity index (χ4n) is 1.88. The van der Waals surface area contributed by atoms with Crippen molar-refractivity contribution in [3.05, 3.63) is 53.0 Å². The van der Waals surface area contributed by atoms with Gasteiger partial charge in [-0.1, -0.05) is 12.1 Å². The topological polar surface area (TPSA) is 55.6 Å². The lowest BCUT2D eigenvalue weighted by Gasteiger charge is -2.14. The number of aromatic nitrogens is 4. The molecule has 0 fully saturated rings. The van der Waals surface area contributed by atoms with E-state index < -0.39 is 0 Å².